The summed E-state index contributed by atoms with van der Waals surface area (Å²) in [6.07, 6.45) is 1.13. The summed E-state index contributed by atoms with van der Waals surface area (Å²) in [7, 11) is 2.34. The Balaban J connectivity index is 2.14. The maximum absolute atomic E-state index is 9.53. The third-order valence-electron chi connectivity index (χ3n) is 4.35. The Kier molecular flexibility index (Phi) is 5.64. The number of piperazine rings is 1. The molecule has 5 nitrogen and oxygen atoms in total. The Labute approximate surface area is 127 Å². The van der Waals surface area contributed by atoms with E-state index in [1.54, 1.807) is 19.2 Å². The van der Waals surface area contributed by atoms with Crippen molar-refractivity contribution in [3.63, 3.8) is 0 Å². The summed E-state index contributed by atoms with van der Waals surface area (Å²) >= 11 is 0. The zero-order valence-electron chi connectivity index (χ0n) is 13.1. The average molecular weight is 292 g/mol. The zero-order valence-corrected chi connectivity index (χ0v) is 13.1. The normalized spacial score (nSPS) is 20.5. The first-order valence-electron chi connectivity index (χ1n) is 7.50. The second-order valence-electron chi connectivity index (χ2n) is 5.72. The molecule has 0 bridgehead atoms. The molecule has 1 heterocycles. The van der Waals surface area contributed by atoms with Crippen molar-refractivity contribution in [2.24, 2.45) is 0 Å². The molecule has 1 aromatic carbocycles. The van der Waals surface area contributed by atoms with Gasteiger partial charge >= 0.3 is 7.12 Å². The molecule has 116 valence electrons. The van der Waals surface area contributed by atoms with E-state index in [1.165, 1.54) is 0 Å². The molecule has 1 fully saturated rings. The highest BCUT2D eigenvalue weighted by molar-refractivity contribution is 6.59. The lowest BCUT2D eigenvalue weighted by atomic mass is 9.76. The van der Waals surface area contributed by atoms with Crippen molar-refractivity contribution in [1.29, 1.82) is 0 Å². The monoisotopic (exact) mass is 292 g/mol. The van der Waals surface area contributed by atoms with Gasteiger partial charge in [-0.2, -0.15) is 0 Å². The molecule has 0 aliphatic carbocycles. The number of methoxy groups -OCH3 is 1. The summed E-state index contributed by atoms with van der Waals surface area (Å²) in [6.45, 7) is 5.96. The highest BCUT2D eigenvalue weighted by Crippen LogP contribution is 2.17. The summed E-state index contributed by atoms with van der Waals surface area (Å²) < 4.78 is 5.25. The van der Waals surface area contributed by atoms with Crippen LogP contribution in [-0.4, -0.2) is 66.8 Å². The minimum Gasteiger partial charge on any atom is -0.497 e. The summed E-state index contributed by atoms with van der Waals surface area (Å²) in [5.74, 6) is 0.746. The van der Waals surface area contributed by atoms with Crippen molar-refractivity contribution >= 4 is 12.6 Å². The molecular weight excluding hydrogens is 267 g/mol. The van der Waals surface area contributed by atoms with E-state index >= 15 is 0 Å². The molecule has 2 N–H and O–H groups in total. The summed E-state index contributed by atoms with van der Waals surface area (Å²) in [5, 5.41) is 19.1. The van der Waals surface area contributed by atoms with Crippen molar-refractivity contribution in [2.75, 3.05) is 33.8 Å². The lowest BCUT2D eigenvalue weighted by Crippen LogP contribution is -2.51. The molecule has 0 spiro atoms. The Bertz CT molecular complexity index is 470. The Morgan fingerprint density at radius 3 is 2.71 bits per heavy atom. The number of nitrogens with zero attached hydrogens (tertiary/aromatic N) is 2. The maximum Gasteiger partial charge on any atom is 0.488 e. The number of ether oxygens (including phenoxy) is 1. The van der Waals surface area contributed by atoms with Crippen LogP contribution in [0.5, 0.6) is 5.75 Å². The van der Waals surface area contributed by atoms with E-state index in [2.05, 4.69) is 23.8 Å². The van der Waals surface area contributed by atoms with Crippen LogP contribution in [0, 0.1) is 0 Å². The molecule has 1 saturated heterocycles. The van der Waals surface area contributed by atoms with Crippen LogP contribution in [0.4, 0.5) is 0 Å². The molecule has 0 amide bonds. The van der Waals surface area contributed by atoms with Gasteiger partial charge in [0.15, 0.2) is 0 Å². The number of benzene rings is 1. The summed E-state index contributed by atoms with van der Waals surface area (Å²) in [4.78, 5) is 4.76. The fourth-order valence-corrected chi connectivity index (χ4v) is 2.93. The average Bonchev–Trinajstić information content (AvgIpc) is 2.48. The van der Waals surface area contributed by atoms with Crippen LogP contribution in [-0.2, 0) is 6.54 Å². The first kappa shape index (κ1) is 16.3. The molecular formula is C15H25BN2O3. The van der Waals surface area contributed by atoms with Crippen LogP contribution < -0.4 is 10.2 Å². The molecule has 1 unspecified atom stereocenters. The Hall–Kier alpha value is -1.08. The summed E-state index contributed by atoms with van der Waals surface area (Å²) in [6, 6.07) is 5.95. The largest absolute Gasteiger partial charge is 0.497 e. The molecule has 21 heavy (non-hydrogen) atoms. The van der Waals surface area contributed by atoms with Crippen LogP contribution in [0.2, 0.25) is 0 Å². The Morgan fingerprint density at radius 1 is 1.33 bits per heavy atom. The third kappa shape index (κ3) is 3.98. The molecule has 6 heteroatoms. The quantitative estimate of drug-likeness (QED) is 0.742. The fraction of sp³-hybridized carbons (Fsp3) is 0.600. The minimum absolute atomic E-state index is 0.558. The van der Waals surface area contributed by atoms with E-state index in [9.17, 15) is 10.0 Å². The van der Waals surface area contributed by atoms with Gasteiger partial charge in [-0.15, -0.1) is 0 Å². The van der Waals surface area contributed by atoms with Gasteiger partial charge in [-0.1, -0.05) is 13.0 Å². The molecule has 1 atom stereocenters. The number of hydrogen-bond acceptors (Lipinski definition) is 5. The maximum atomic E-state index is 9.53. The fourth-order valence-electron chi connectivity index (χ4n) is 2.93. The van der Waals surface area contributed by atoms with E-state index in [0.29, 0.717) is 18.0 Å². The van der Waals surface area contributed by atoms with E-state index in [1.807, 2.05) is 6.07 Å². The lowest BCUT2D eigenvalue weighted by molar-refractivity contribution is 0.0885. The highest BCUT2D eigenvalue weighted by atomic mass is 16.5. The van der Waals surface area contributed by atoms with Crippen LogP contribution in [0.1, 0.15) is 18.9 Å². The van der Waals surface area contributed by atoms with Gasteiger partial charge in [0, 0.05) is 32.2 Å². The highest BCUT2D eigenvalue weighted by Gasteiger charge is 2.25. The van der Waals surface area contributed by atoms with Crippen molar-refractivity contribution in [1.82, 2.24) is 9.80 Å². The van der Waals surface area contributed by atoms with Crippen molar-refractivity contribution in [2.45, 2.75) is 25.9 Å². The molecule has 1 aliphatic rings. The summed E-state index contributed by atoms with van der Waals surface area (Å²) in [5.41, 5.74) is 1.48. The van der Waals surface area contributed by atoms with Gasteiger partial charge in [0.1, 0.15) is 5.75 Å². The smallest absolute Gasteiger partial charge is 0.488 e. The topological polar surface area (TPSA) is 56.2 Å². The van der Waals surface area contributed by atoms with E-state index in [-0.39, 0.29) is 0 Å². The van der Waals surface area contributed by atoms with Gasteiger partial charge in [-0.05, 0) is 36.6 Å². The SMILES string of the molecule is CCC1CN(Cc2cc(OC)ccc2B(O)O)CCN1C. The first-order valence-corrected chi connectivity index (χ1v) is 7.50. The molecule has 1 aromatic rings. The molecule has 2 rings (SSSR count). The van der Waals surface area contributed by atoms with Crippen LogP contribution >= 0.6 is 0 Å². The Morgan fingerprint density at radius 2 is 2.10 bits per heavy atom. The standard InChI is InChI=1S/C15H25BN2O3/c1-4-13-11-18(8-7-17(13)2)10-12-9-14(21-3)5-6-15(12)16(19)20/h5-6,9,13,19-20H,4,7-8,10-11H2,1-3H3. The van der Waals surface area contributed by atoms with E-state index < -0.39 is 7.12 Å². The second kappa shape index (κ2) is 7.27. The third-order valence-corrected chi connectivity index (χ3v) is 4.35. The molecule has 1 aliphatic heterocycles. The molecule has 0 radical (unpaired) electrons. The van der Waals surface area contributed by atoms with Crippen molar-refractivity contribution in [3.05, 3.63) is 23.8 Å². The van der Waals surface area contributed by atoms with Gasteiger partial charge in [0.05, 0.1) is 7.11 Å². The first-order chi connectivity index (χ1) is 10.0. The van der Waals surface area contributed by atoms with Gasteiger partial charge in [0.2, 0.25) is 0 Å². The second-order valence-corrected chi connectivity index (χ2v) is 5.72. The van der Waals surface area contributed by atoms with Crippen LogP contribution in [0.15, 0.2) is 18.2 Å². The van der Waals surface area contributed by atoms with E-state index in [4.69, 9.17) is 4.74 Å². The number of hydrogen-bond donors (Lipinski definition) is 2. The van der Waals surface area contributed by atoms with Crippen molar-refractivity contribution < 1.29 is 14.8 Å². The predicted octanol–water partition coefficient (Wildman–Crippen LogP) is -0.0990. The van der Waals surface area contributed by atoms with Crippen LogP contribution in [0.25, 0.3) is 0 Å². The van der Waals surface area contributed by atoms with Gasteiger partial charge in [0.25, 0.3) is 0 Å². The number of rotatable bonds is 5. The predicted molar refractivity (Wildman–Crippen MR) is 84.8 cm³/mol. The van der Waals surface area contributed by atoms with Gasteiger partial charge in [-0.25, -0.2) is 0 Å². The molecule has 0 saturated carbocycles. The van der Waals surface area contributed by atoms with Crippen LogP contribution in [0.3, 0.4) is 0 Å². The lowest BCUT2D eigenvalue weighted by Gasteiger charge is -2.39. The zero-order chi connectivity index (χ0) is 15.4. The van der Waals surface area contributed by atoms with Crippen molar-refractivity contribution in [3.8, 4) is 5.75 Å². The molecule has 0 aromatic heterocycles. The number of likely N-dealkylation sites (N-methyl/N-ethyl adjacent to an activating group) is 1. The van der Waals surface area contributed by atoms with Gasteiger partial charge < -0.3 is 19.7 Å². The van der Waals surface area contributed by atoms with Gasteiger partial charge in [-0.3, -0.25) is 4.90 Å². The van der Waals surface area contributed by atoms with E-state index in [0.717, 1.165) is 37.4 Å². The minimum atomic E-state index is -1.44.